The molecule has 1 heteroatoms. The van der Waals surface area contributed by atoms with Gasteiger partial charge in [0.2, 0.25) is 0 Å². The first-order valence-corrected chi connectivity index (χ1v) is 5.70. The zero-order chi connectivity index (χ0) is 11.6. The monoisotopic (exact) mass is 206 g/mol. The van der Waals surface area contributed by atoms with Crippen molar-refractivity contribution < 1.29 is 4.79 Å². The first kappa shape index (κ1) is 12.2. The second kappa shape index (κ2) is 4.34. The van der Waals surface area contributed by atoms with Crippen molar-refractivity contribution in [3.8, 4) is 0 Å². The maximum absolute atomic E-state index is 11.5. The molecule has 1 atom stereocenters. The molecule has 0 aromatic carbocycles. The fraction of sp³-hybridized carbons (Fsp3) is 0.643. The molecule has 0 saturated carbocycles. The van der Waals surface area contributed by atoms with E-state index in [9.17, 15) is 4.79 Å². The number of ketones is 1. The Morgan fingerprint density at radius 1 is 1.53 bits per heavy atom. The molecule has 1 unspecified atom stereocenters. The van der Waals surface area contributed by atoms with Crippen molar-refractivity contribution in [2.45, 2.75) is 47.0 Å². The van der Waals surface area contributed by atoms with E-state index in [0.29, 0.717) is 12.3 Å². The van der Waals surface area contributed by atoms with Crippen LogP contribution in [0.25, 0.3) is 0 Å². The van der Waals surface area contributed by atoms with Gasteiger partial charge in [0, 0.05) is 6.42 Å². The van der Waals surface area contributed by atoms with Gasteiger partial charge in [0.25, 0.3) is 0 Å². The topological polar surface area (TPSA) is 17.1 Å². The summed E-state index contributed by atoms with van der Waals surface area (Å²) in [6.07, 6.45) is 4.44. The summed E-state index contributed by atoms with van der Waals surface area (Å²) in [4.78, 5) is 11.5. The van der Waals surface area contributed by atoms with Crippen LogP contribution in [0.5, 0.6) is 0 Å². The molecule has 1 rings (SSSR count). The molecule has 0 saturated heterocycles. The summed E-state index contributed by atoms with van der Waals surface area (Å²) in [5.41, 5.74) is 3.14. The Labute approximate surface area is 93.3 Å². The van der Waals surface area contributed by atoms with Crippen LogP contribution in [-0.2, 0) is 4.79 Å². The fourth-order valence-electron chi connectivity index (χ4n) is 2.48. The summed E-state index contributed by atoms with van der Waals surface area (Å²) < 4.78 is 0. The predicted octanol–water partition coefficient (Wildman–Crippen LogP) is 3.90. The number of hydrogen-bond donors (Lipinski definition) is 0. The molecule has 0 spiro atoms. The molecule has 0 aromatic heterocycles. The lowest BCUT2D eigenvalue weighted by Gasteiger charge is -2.40. The van der Waals surface area contributed by atoms with Gasteiger partial charge in [-0.05, 0) is 44.1 Å². The normalized spacial score (nSPS) is 25.2. The predicted molar refractivity (Wildman–Crippen MR) is 64.7 cm³/mol. The molecule has 0 fully saturated rings. The Kier molecular flexibility index (Phi) is 3.54. The molecule has 1 nitrogen and oxygen atoms in total. The fourth-order valence-corrected chi connectivity index (χ4v) is 2.48. The maximum Gasteiger partial charge on any atom is 0.155 e. The van der Waals surface area contributed by atoms with Crippen LogP contribution in [0.4, 0.5) is 0 Å². The average Bonchev–Trinajstić information content (AvgIpc) is 2.19. The molecule has 15 heavy (non-hydrogen) atoms. The third kappa shape index (κ3) is 2.58. The van der Waals surface area contributed by atoms with E-state index in [-0.39, 0.29) is 11.2 Å². The van der Waals surface area contributed by atoms with Crippen LogP contribution in [0.1, 0.15) is 47.0 Å². The molecule has 1 aliphatic carbocycles. The molecule has 84 valence electrons. The molecule has 0 aliphatic heterocycles. The largest absolute Gasteiger partial charge is 0.295 e. The van der Waals surface area contributed by atoms with E-state index >= 15 is 0 Å². The molecule has 0 N–H and O–H groups in total. The van der Waals surface area contributed by atoms with E-state index in [2.05, 4.69) is 34.3 Å². The van der Waals surface area contributed by atoms with Gasteiger partial charge in [0.1, 0.15) is 0 Å². The summed E-state index contributed by atoms with van der Waals surface area (Å²) in [5.74, 6) is 0.568. The summed E-state index contributed by atoms with van der Waals surface area (Å²) in [5, 5.41) is 0. The summed E-state index contributed by atoms with van der Waals surface area (Å²) >= 11 is 0. The molecule has 0 aromatic rings. The Balaban J connectivity index is 2.93. The second-order valence-corrected chi connectivity index (χ2v) is 5.38. The summed E-state index contributed by atoms with van der Waals surface area (Å²) in [6, 6.07) is 0. The van der Waals surface area contributed by atoms with E-state index in [1.807, 2.05) is 0 Å². The Hall–Kier alpha value is -0.850. The average molecular weight is 206 g/mol. The van der Waals surface area contributed by atoms with Crippen molar-refractivity contribution in [2.24, 2.45) is 11.3 Å². The van der Waals surface area contributed by atoms with Crippen LogP contribution < -0.4 is 0 Å². The quantitative estimate of drug-likeness (QED) is 0.505. The Morgan fingerprint density at radius 2 is 2.13 bits per heavy atom. The van der Waals surface area contributed by atoms with Crippen LogP contribution in [0, 0.1) is 11.3 Å². The van der Waals surface area contributed by atoms with Crippen LogP contribution in [0.3, 0.4) is 0 Å². The number of carbonyl (C=O) groups excluding carboxylic acids is 1. The van der Waals surface area contributed by atoms with Gasteiger partial charge in [0.15, 0.2) is 5.78 Å². The molecule has 0 heterocycles. The SMILES string of the molecule is C=CC(=O)CC1C(C)=C(C)CCC1(C)C. The lowest BCUT2D eigenvalue weighted by molar-refractivity contribution is -0.116. The van der Waals surface area contributed by atoms with Gasteiger partial charge in [-0.2, -0.15) is 0 Å². The first-order chi connectivity index (χ1) is 6.88. The first-order valence-electron chi connectivity index (χ1n) is 5.70. The molecule has 1 aliphatic rings. The molecule has 0 amide bonds. The second-order valence-electron chi connectivity index (χ2n) is 5.38. The minimum absolute atomic E-state index is 0.169. The molecule has 0 radical (unpaired) electrons. The standard InChI is InChI=1S/C14H22O/c1-6-12(15)9-13-11(3)10(2)7-8-14(13,4)5/h6,13H,1,7-9H2,2-5H3. The zero-order valence-corrected chi connectivity index (χ0v) is 10.4. The lowest BCUT2D eigenvalue weighted by atomic mass is 9.65. The van der Waals surface area contributed by atoms with Crippen LogP contribution in [-0.4, -0.2) is 5.78 Å². The van der Waals surface area contributed by atoms with Crippen molar-refractivity contribution in [1.82, 2.24) is 0 Å². The van der Waals surface area contributed by atoms with Gasteiger partial charge in [-0.3, -0.25) is 4.79 Å². The summed E-state index contributed by atoms with van der Waals surface area (Å²) in [7, 11) is 0. The zero-order valence-electron chi connectivity index (χ0n) is 10.4. The van der Waals surface area contributed by atoms with Crippen LogP contribution in [0.2, 0.25) is 0 Å². The Morgan fingerprint density at radius 3 is 2.67 bits per heavy atom. The van der Waals surface area contributed by atoms with Gasteiger partial charge in [-0.1, -0.05) is 31.6 Å². The van der Waals surface area contributed by atoms with E-state index in [1.54, 1.807) is 0 Å². The Bertz CT molecular complexity index is 307. The molecule has 0 bridgehead atoms. The highest BCUT2D eigenvalue weighted by molar-refractivity contribution is 5.89. The molecular weight excluding hydrogens is 184 g/mol. The smallest absolute Gasteiger partial charge is 0.155 e. The van der Waals surface area contributed by atoms with Crippen LogP contribution >= 0.6 is 0 Å². The highest BCUT2D eigenvalue weighted by Crippen LogP contribution is 2.45. The van der Waals surface area contributed by atoms with Crippen LogP contribution in [0.15, 0.2) is 23.8 Å². The van der Waals surface area contributed by atoms with Gasteiger partial charge in [-0.15, -0.1) is 0 Å². The van der Waals surface area contributed by atoms with Gasteiger partial charge in [-0.25, -0.2) is 0 Å². The van der Waals surface area contributed by atoms with Gasteiger partial charge >= 0.3 is 0 Å². The van der Waals surface area contributed by atoms with Gasteiger partial charge < -0.3 is 0 Å². The number of allylic oxidation sites excluding steroid dienone is 3. The summed E-state index contributed by atoms with van der Waals surface area (Å²) in [6.45, 7) is 12.5. The van der Waals surface area contributed by atoms with Crippen molar-refractivity contribution in [2.75, 3.05) is 0 Å². The van der Waals surface area contributed by atoms with E-state index < -0.39 is 0 Å². The van der Waals surface area contributed by atoms with Gasteiger partial charge in [0.05, 0.1) is 0 Å². The minimum Gasteiger partial charge on any atom is -0.295 e. The van der Waals surface area contributed by atoms with E-state index in [1.165, 1.54) is 30.1 Å². The van der Waals surface area contributed by atoms with Crippen molar-refractivity contribution >= 4 is 5.78 Å². The lowest BCUT2D eigenvalue weighted by Crippen LogP contribution is -2.30. The van der Waals surface area contributed by atoms with Crippen molar-refractivity contribution in [3.05, 3.63) is 23.8 Å². The van der Waals surface area contributed by atoms with Crippen molar-refractivity contribution in [3.63, 3.8) is 0 Å². The maximum atomic E-state index is 11.5. The highest BCUT2D eigenvalue weighted by Gasteiger charge is 2.35. The van der Waals surface area contributed by atoms with E-state index in [0.717, 1.165) is 0 Å². The number of rotatable bonds is 3. The third-order valence-corrected chi connectivity index (χ3v) is 3.92. The highest BCUT2D eigenvalue weighted by atomic mass is 16.1. The van der Waals surface area contributed by atoms with Crippen molar-refractivity contribution in [1.29, 1.82) is 0 Å². The number of hydrogen-bond acceptors (Lipinski definition) is 1. The van der Waals surface area contributed by atoms with E-state index in [4.69, 9.17) is 0 Å². The third-order valence-electron chi connectivity index (χ3n) is 3.92. The number of carbonyl (C=O) groups is 1. The molecular formula is C14H22O. The minimum atomic E-state index is 0.169.